The van der Waals surface area contributed by atoms with E-state index in [9.17, 15) is 4.79 Å². The first-order valence-corrected chi connectivity index (χ1v) is 6.34. The Kier molecular flexibility index (Phi) is 3.73. The van der Waals surface area contributed by atoms with Gasteiger partial charge in [0.2, 0.25) is 0 Å². The number of thiazole rings is 1. The number of nitrogens with zero attached hydrogens (tertiary/aromatic N) is 1. The molecule has 1 heterocycles. The van der Waals surface area contributed by atoms with Crippen molar-refractivity contribution >= 4 is 50.0 Å². The van der Waals surface area contributed by atoms with Gasteiger partial charge in [-0.1, -0.05) is 11.3 Å². The monoisotopic (exact) mass is 281 g/mol. The number of fused-ring (bicyclic) bond motifs is 1. The Labute approximate surface area is 113 Å². The summed E-state index contributed by atoms with van der Waals surface area (Å²) in [5.41, 5.74) is 1.32. The maximum Gasteiger partial charge on any atom is 0.337 e. The van der Waals surface area contributed by atoms with Gasteiger partial charge in [0.25, 0.3) is 0 Å². The van der Waals surface area contributed by atoms with Crippen LogP contribution >= 0.6 is 23.6 Å². The number of rotatable bonds is 2. The molecular formula is C11H11N3O2S2. The van der Waals surface area contributed by atoms with Crippen LogP contribution < -0.4 is 10.6 Å². The van der Waals surface area contributed by atoms with Gasteiger partial charge in [-0.2, -0.15) is 0 Å². The molecule has 0 bridgehead atoms. The number of thiocarbonyl (C=S) groups is 1. The van der Waals surface area contributed by atoms with Gasteiger partial charge in [0.1, 0.15) is 0 Å². The highest BCUT2D eigenvalue weighted by atomic mass is 32.1. The van der Waals surface area contributed by atoms with Crippen LogP contribution in [0.4, 0.5) is 5.13 Å². The lowest BCUT2D eigenvalue weighted by Gasteiger charge is -2.00. The van der Waals surface area contributed by atoms with Gasteiger partial charge in [-0.25, -0.2) is 9.78 Å². The summed E-state index contributed by atoms with van der Waals surface area (Å²) in [6, 6.07) is 5.23. The predicted molar refractivity (Wildman–Crippen MR) is 76.2 cm³/mol. The molecule has 2 rings (SSSR count). The summed E-state index contributed by atoms with van der Waals surface area (Å²) in [4.78, 5) is 15.8. The molecule has 0 spiro atoms. The number of methoxy groups -OCH3 is 1. The summed E-state index contributed by atoms with van der Waals surface area (Å²) in [5, 5.41) is 6.95. The maximum absolute atomic E-state index is 11.4. The summed E-state index contributed by atoms with van der Waals surface area (Å²) in [6.45, 7) is 0. The van der Waals surface area contributed by atoms with Gasteiger partial charge in [0, 0.05) is 7.05 Å². The van der Waals surface area contributed by atoms with Crippen molar-refractivity contribution in [3.8, 4) is 0 Å². The van der Waals surface area contributed by atoms with Crippen LogP contribution in [0.15, 0.2) is 18.2 Å². The number of carbonyl (C=O) groups is 1. The molecule has 1 aromatic heterocycles. The Balaban J connectivity index is 2.33. The molecule has 2 aromatic rings. The highest BCUT2D eigenvalue weighted by Gasteiger charge is 2.09. The molecule has 0 unspecified atom stereocenters. The lowest BCUT2D eigenvalue weighted by molar-refractivity contribution is 0.0601. The van der Waals surface area contributed by atoms with Gasteiger partial charge in [0.15, 0.2) is 10.2 Å². The van der Waals surface area contributed by atoms with E-state index in [-0.39, 0.29) is 5.97 Å². The summed E-state index contributed by atoms with van der Waals surface area (Å²) >= 11 is 6.42. The zero-order valence-electron chi connectivity index (χ0n) is 9.81. The first-order valence-electron chi connectivity index (χ1n) is 5.11. The third-order valence-electron chi connectivity index (χ3n) is 2.26. The van der Waals surface area contributed by atoms with Crippen molar-refractivity contribution in [2.24, 2.45) is 0 Å². The van der Waals surface area contributed by atoms with Crippen LogP contribution in [-0.2, 0) is 4.74 Å². The Hall–Kier alpha value is -1.73. The van der Waals surface area contributed by atoms with Crippen molar-refractivity contribution in [2.75, 3.05) is 19.5 Å². The molecule has 0 saturated heterocycles. The molecular weight excluding hydrogens is 270 g/mol. The highest BCUT2D eigenvalue weighted by Crippen LogP contribution is 2.26. The van der Waals surface area contributed by atoms with Crippen LogP contribution in [0.25, 0.3) is 10.2 Å². The number of nitrogens with one attached hydrogen (secondary N) is 2. The molecule has 2 N–H and O–H groups in total. The van der Waals surface area contributed by atoms with Gasteiger partial charge in [-0.3, -0.25) is 0 Å². The van der Waals surface area contributed by atoms with E-state index >= 15 is 0 Å². The van der Waals surface area contributed by atoms with Crippen LogP contribution in [0.2, 0.25) is 0 Å². The molecule has 0 aliphatic rings. The van der Waals surface area contributed by atoms with E-state index in [0.29, 0.717) is 15.8 Å². The van der Waals surface area contributed by atoms with Crippen LogP contribution in [-0.4, -0.2) is 30.2 Å². The van der Waals surface area contributed by atoms with Crippen molar-refractivity contribution in [3.05, 3.63) is 23.8 Å². The smallest absolute Gasteiger partial charge is 0.337 e. The van der Waals surface area contributed by atoms with Gasteiger partial charge >= 0.3 is 5.97 Å². The molecule has 0 amide bonds. The van der Waals surface area contributed by atoms with Crippen LogP contribution in [0.1, 0.15) is 10.4 Å². The Morgan fingerprint density at radius 2 is 2.28 bits per heavy atom. The second-order valence-corrected chi connectivity index (χ2v) is 4.84. The first kappa shape index (κ1) is 12.7. The number of aromatic nitrogens is 1. The fourth-order valence-corrected chi connectivity index (χ4v) is 2.45. The van der Waals surface area contributed by atoms with Crippen molar-refractivity contribution < 1.29 is 9.53 Å². The highest BCUT2D eigenvalue weighted by molar-refractivity contribution is 7.80. The molecule has 0 radical (unpaired) electrons. The Morgan fingerprint density at radius 3 is 2.94 bits per heavy atom. The Morgan fingerprint density at radius 1 is 1.50 bits per heavy atom. The maximum atomic E-state index is 11.4. The van der Waals surface area contributed by atoms with Crippen LogP contribution in [0.3, 0.4) is 0 Å². The molecule has 5 nitrogen and oxygen atoms in total. The van der Waals surface area contributed by atoms with E-state index in [4.69, 9.17) is 12.2 Å². The lowest BCUT2D eigenvalue weighted by atomic mass is 10.2. The molecule has 0 saturated carbocycles. The summed E-state index contributed by atoms with van der Waals surface area (Å²) in [5.74, 6) is -0.356. The number of esters is 1. The van der Waals surface area contributed by atoms with E-state index in [1.165, 1.54) is 18.4 Å². The minimum absolute atomic E-state index is 0.356. The molecule has 0 atom stereocenters. The number of carbonyl (C=O) groups excluding carboxylic acids is 1. The van der Waals surface area contributed by atoms with Crippen molar-refractivity contribution in [2.45, 2.75) is 0 Å². The number of anilines is 1. The van der Waals surface area contributed by atoms with Gasteiger partial charge in [-0.15, -0.1) is 0 Å². The van der Waals surface area contributed by atoms with E-state index in [2.05, 4.69) is 20.4 Å². The van der Waals surface area contributed by atoms with Gasteiger partial charge < -0.3 is 15.4 Å². The van der Waals surface area contributed by atoms with E-state index < -0.39 is 0 Å². The standard InChI is InChI=1S/C11H11N3O2S2/c1-12-10(17)14-11-13-7-4-3-6(9(15)16-2)5-8(7)18-11/h3-5H,1-2H3,(H2,12,13,14,17). The number of ether oxygens (including phenoxy) is 1. The molecule has 18 heavy (non-hydrogen) atoms. The second-order valence-electron chi connectivity index (χ2n) is 3.40. The topological polar surface area (TPSA) is 63.2 Å². The van der Waals surface area contributed by atoms with Crippen LogP contribution in [0, 0.1) is 0 Å². The number of hydrogen-bond donors (Lipinski definition) is 2. The SMILES string of the molecule is CNC(=S)Nc1nc2ccc(C(=O)OC)cc2s1. The zero-order valence-corrected chi connectivity index (χ0v) is 11.4. The van der Waals surface area contributed by atoms with Crippen molar-refractivity contribution in [1.82, 2.24) is 10.3 Å². The summed E-state index contributed by atoms with van der Waals surface area (Å²) in [6.07, 6.45) is 0. The van der Waals surface area contributed by atoms with E-state index in [1.54, 1.807) is 25.2 Å². The molecule has 1 aromatic carbocycles. The van der Waals surface area contributed by atoms with Crippen LogP contribution in [0.5, 0.6) is 0 Å². The fraction of sp³-hybridized carbons (Fsp3) is 0.182. The molecule has 94 valence electrons. The number of hydrogen-bond acceptors (Lipinski definition) is 5. The largest absolute Gasteiger partial charge is 0.465 e. The van der Waals surface area contributed by atoms with E-state index in [0.717, 1.165) is 10.2 Å². The average molecular weight is 281 g/mol. The third-order valence-corrected chi connectivity index (χ3v) is 3.50. The van der Waals surface area contributed by atoms with Crippen molar-refractivity contribution in [3.63, 3.8) is 0 Å². The lowest BCUT2D eigenvalue weighted by Crippen LogP contribution is -2.23. The number of benzene rings is 1. The first-order chi connectivity index (χ1) is 8.63. The summed E-state index contributed by atoms with van der Waals surface area (Å²) in [7, 11) is 3.09. The van der Waals surface area contributed by atoms with Gasteiger partial charge in [-0.05, 0) is 30.4 Å². The second kappa shape index (κ2) is 5.28. The molecule has 0 aliphatic heterocycles. The fourth-order valence-electron chi connectivity index (χ4n) is 1.38. The summed E-state index contributed by atoms with van der Waals surface area (Å²) < 4.78 is 5.57. The zero-order chi connectivity index (χ0) is 13.1. The minimum atomic E-state index is -0.356. The molecule has 0 aliphatic carbocycles. The quantitative estimate of drug-likeness (QED) is 0.648. The third kappa shape index (κ3) is 2.57. The van der Waals surface area contributed by atoms with Gasteiger partial charge in [0.05, 0.1) is 22.9 Å². The van der Waals surface area contributed by atoms with Crippen molar-refractivity contribution in [1.29, 1.82) is 0 Å². The molecule has 7 heteroatoms. The minimum Gasteiger partial charge on any atom is -0.465 e. The van der Waals surface area contributed by atoms with E-state index in [1.807, 2.05) is 0 Å². The molecule has 0 fully saturated rings. The normalized spacial score (nSPS) is 10.1. The Bertz CT molecular complexity index is 609. The average Bonchev–Trinajstić information content (AvgIpc) is 2.78. The predicted octanol–water partition coefficient (Wildman–Crippen LogP) is 2.00.